The smallest absolute Gasteiger partial charge is 0.330 e. The molecule has 0 amide bonds. The van der Waals surface area contributed by atoms with Crippen LogP contribution in [0.4, 0.5) is 4.39 Å². The number of carbonyl (C=O) groups is 1. The normalized spacial score (nSPS) is 23.3. The van der Waals surface area contributed by atoms with Crippen LogP contribution in [0.1, 0.15) is 18.2 Å². The van der Waals surface area contributed by atoms with Crippen LogP contribution < -0.4 is 11.2 Å². The van der Waals surface area contributed by atoms with Crippen molar-refractivity contribution >= 4 is 6.29 Å². The van der Waals surface area contributed by atoms with E-state index in [4.69, 9.17) is 9.47 Å². The number of aldehydes is 1. The van der Waals surface area contributed by atoms with Crippen LogP contribution >= 0.6 is 0 Å². The molecule has 1 saturated heterocycles. The lowest BCUT2D eigenvalue weighted by Crippen LogP contribution is -2.33. The Balaban J connectivity index is 1.75. The van der Waals surface area contributed by atoms with E-state index in [1.54, 1.807) is 0 Å². The number of aromatic nitrogens is 2. The second-order valence-electron chi connectivity index (χ2n) is 5.41. The summed E-state index contributed by atoms with van der Waals surface area (Å²) >= 11 is 0. The third-order valence-corrected chi connectivity index (χ3v) is 3.79. The van der Waals surface area contributed by atoms with Crippen molar-refractivity contribution in [3.8, 4) is 0 Å². The molecule has 7 nitrogen and oxygen atoms in total. The first kappa shape index (κ1) is 16.3. The summed E-state index contributed by atoms with van der Waals surface area (Å²) in [5.41, 5.74) is -0.976. The summed E-state index contributed by atoms with van der Waals surface area (Å²) in [5, 5.41) is 0. The molecule has 3 atom stereocenters. The topological polar surface area (TPSA) is 90.4 Å². The van der Waals surface area contributed by atoms with E-state index in [0.29, 0.717) is 6.29 Å². The molecule has 1 aromatic carbocycles. The van der Waals surface area contributed by atoms with Crippen molar-refractivity contribution < 1.29 is 18.7 Å². The molecule has 0 spiro atoms. The predicted octanol–water partition coefficient (Wildman–Crippen LogP) is 0.747. The minimum Gasteiger partial charge on any atom is -0.370 e. The summed E-state index contributed by atoms with van der Waals surface area (Å²) in [7, 11) is 0. The second-order valence-corrected chi connectivity index (χ2v) is 5.41. The van der Waals surface area contributed by atoms with E-state index in [1.165, 1.54) is 0 Å². The summed E-state index contributed by atoms with van der Waals surface area (Å²) in [4.78, 5) is 35.9. The van der Waals surface area contributed by atoms with E-state index < -0.39 is 35.5 Å². The number of nitrogens with zero attached hydrogens (tertiary/aromatic N) is 1. The molecule has 0 unspecified atom stereocenters. The summed E-state index contributed by atoms with van der Waals surface area (Å²) in [6.45, 7) is 0.279. The molecule has 24 heavy (non-hydrogen) atoms. The first-order valence-corrected chi connectivity index (χ1v) is 7.35. The highest BCUT2D eigenvalue weighted by atomic mass is 19.1. The summed E-state index contributed by atoms with van der Waals surface area (Å²) in [6.07, 6.45) is -0.799. The van der Waals surface area contributed by atoms with Crippen molar-refractivity contribution in [2.75, 3.05) is 0 Å². The lowest BCUT2D eigenvalue weighted by molar-refractivity contribution is -0.125. The van der Waals surface area contributed by atoms with E-state index >= 15 is 0 Å². The molecule has 1 N–H and O–H groups in total. The van der Waals surface area contributed by atoms with Crippen molar-refractivity contribution in [2.45, 2.75) is 31.5 Å². The van der Waals surface area contributed by atoms with Crippen LogP contribution in [-0.2, 0) is 20.9 Å². The molecular weight excluding hydrogens is 319 g/mol. The Morgan fingerprint density at radius 3 is 2.79 bits per heavy atom. The average molecular weight is 334 g/mol. The van der Waals surface area contributed by atoms with Crippen molar-refractivity contribution in [1.29, 1.82) is 0 Å². The zero-order valence-corrected chi connectivity index (χ0v) is 12.6. The standard InChI is InChI=1S/C16H15FN2O5/c17-11-7-19(16(22)18-15(11)21)14-6-12(13(8-20)24-14)23-9-10-4-2-1-3-5-10/h1-5,7-8,12-14H,6,9H2,(H,18,21,22)/t12-,13+,14+/m0/s1. The molecule has 2 aromatic rings. The number of aromatic amines is 1. The molecule has 0 aliphatic carbocycles. The van der Waals surface area contributed by atoms with E-state index in [0.717, 1.165) is 16.3 Å². The monoisotopic (exact) mass is 334 g/mol. The van der Waals surface area contributed by atoms with E-state index in [1.807, 2.05) is 35.3 Å². The van der Waals surface area contributed by atoms with Gasteiger partial charge in [-0.05, 0) is 5.56 Å². The van der Waals surface area contributed by atoms with Gasteiger partial charge in [-0.1, -0.05) is 30.3 Å². The van der Waals surface area contributed by atoms with Crippen LogP contribution in [0.3, 0.4) is 0 Å². The van der Waals surface area contributed by atoms with Gasteiger partial charge in [-0.2, -0.15) is 4.39 Å². The molecule has 1 aromatic heterocycles. The number of halogens is 1. The third-order valence-electron chi connectivity index (χ3n) is 3.79. The third kappa shape index (κ3) is 3.34. The Morgan fingerprint density at radius 1 is 1.33 bits per heavy atom. The quantitative estimate of drug-likeness (QED) is 0.815. The molecule has 3 rings (SSSR count). The molecule has 1 fully saturated rings. The molecule has 126 valence electrons. The van der Waals surface area contributed by atoms with Crippen molar-refractivity contribution in [2.24, 2.45) is 0 Å². The van der Waals surface area contributed by atoms with Gasteiger partial charge in [-0.3, -0.25) is 14.3 Å². The highest BCUT2D eigenvalue weighted by Crippen LogP contribution is 2.29. The zero-order valence-electron chi connectivity index (χ0n) is 12.6. The molecule has 8 heteroatoms. The van der Waals surface area contributed by atoms with Gasteiger partial charge in [0.05, 0.1) is 18.9 Å². The minimum absolute atomic E-state index is 0.182. The predicted molar refractivity (Wildman–Crippen MR) is 80.9 cm³/mol. The number of hydrogen-bond acceptors (Lipinski definition) is 5. The maximum Gasteiger partial charge on any atom is 0.330 e. The van der Waals surface area contributed by atoms with Crippen molar-refractivity contribution in [1.82, 2.24) is 9.55 Å². The number of ether oxygens (including phenoxy) is 2. The Labute approximate surface area is 135 Å². The van der Waals surface area contributed by atoms with Gasteiger partial charge in [0, 0.05) is 6.42 Å². The fraction of sp³-hybridized carbons (Fsp3) is 0.312. The van der Waals surface area contributed by atoms with E-state index in [2.05, 4.69) is 0 Å². The number of nitrogens with one attached hydrogen (secondary N) is 1. The van der Waals surface area contributed by atoms with Gasteiger partial charge < -0.3 is 14.3 Å². The fourth-order valence-electron chi connectivity index (χ4n) is 2.57. The van der Waals surface area contributed by atoms with Crippen LogP contribution in [0.5, 0.6) is 0 Å². The maximum absolute atomic E-state index is 13.4. The Morgan fingerprint density at radius 2 is 2.08 bits per heavy atom. The Hall–Kier alpha value is -2.58. The number of H-pyrrole nitrogens is 1. The van der Waals surface area contributed by atoms with Gasteiger partial charge >= 0.3 is 5.69 Å². The maximum atomic E-state index is 13.4. The Bertz CT molecular complexity index is 832. The lowest BCUT2D eigenvalue weighted by atomic mass is 10.2. The average Bonchev–Trinajstić information content (AvgIpc) is 3.00. The molecular formula is C16H15FN2O5. The number of rotatable bonds is 5. The SMILES string of the molecule is O=C[C@H]1O[C@@H](n2cc(F)c(=O)[nH]c2=O)C[C@@H]1OCc1ccccc1. The van der Waals surface area contributed by atoms with Gasteiger partial charge in [-0.25, -0.2) is 4.79 Å². The van der Waals surface area contributed by atoms with Crippen LogP contribution in [0.2, 0.25) is 0 Å². The second kappa shape index (κ2) is 6.90. The molecule has 0 saturated carbocycles. The minimum atomic E-state index is -1.10. The van der Waals surface area contributed by atoms with Gasteiger partial charge in [-0.15, -0.1) is 0 Å². The number of carbonyl (C=O) groups excluding carboxylic acids is 1. The highest BCUT2D eigenvalue weighted by Gasteiger charge is 2.37. The summed E-state index contributed by atoms with van der Waals surface area (Å²) < 4.78 is 25.5. The summed E-state index contributed by atoms with van der Waals surface area (Å²) in [6, 6.07) is 9.37. The molecule has 2 heterocycles. The van der Waals surface area contributed by atoms with E-state index in [9.17, 15) is 18.8 Å². The summed E-state index contributed by atoms with van der Waals surface area (Å²) in [5.74, 6) is -1.10. The van der Waals surface area contributed by atoms with Crippen molar-refractivity contribution in [3.05, 3.63) is 68.7 Å². The van der Waals surface area contributed by atoms with Crippen LogP contribution in [0.15, 0.2) is 46.1 Å². The van der Waals surface area contributed by atoms with Crippen LogP contribution in [0.25, 0.3) is 0 Å². The first-order valence-electron chi connectivity index (χ1n) is 7.35. The van der Waals surface area contributed by atoms with Crippen LogP contribution in [0, 0.1) is 5.82 Å². The fourth-order valence-corrected chi connectivity index (χ4v) is 2.57. The molecule has 1 aliphatic rings. The highest BCUT2D eigenvalue weighted by molar-refractivity contribution is 5.57. The molecule has 0 radical (unpaired) electrons. The van der Waals surface area contributed by atoms with Gasteiger partial charge in [0.2, 0.25) is 5.82 Å². The van der Waals surface area contributed by atoms with Gasteiger partial charge in [0.15, 0.2) is 6.29 Å². The Kier molecular flexibility index (Phi) is 4.68. The van der Waals surface area contributed by atoms with Crippen molar-refractivity contribution in [3.63, 3.8) is 0 Å². The number of benzene rings is 1. The first-order chi connectivity index (χ1) is 11.6. The largest absolute Gasteiger partial charge is 0.370 e. The lowest BCUT2D eigenvalue weighted by Gasteiger charge is -2.13. The number of hydrogen-bond donors (Lipinski definition) is 1. The van der Waals surface area contributed by atoms with E-state index in [-0.39, 0.29) is 13.0 Å². The molecule has 1 aliphatic heterocycles. The van der Waals surface area contributed by atoms with Gasteiger partial charge in [0.25, 0.3) is 5.56 Å². The van der Waals surface area contributed by atoms with Crippen LogP contribution in [-0.4, -0.2) is 28.0 Å². The zero-order chi connectivity index (χ0) is 17.1. The molecule has 0 bridgehead atoms. The van der Waals surface area contributed by atoms with Gasteiger partial charge in [0.1, 0.15) is 12.3 Å².